The highest BCUT2D eigenvalue weighted by Crippen LogP contribution is 2.41. The van der Waals surface area contributed by atoms with Crippen molar-refractivity contribution >= 4 is 0 Å². The smallest absolute Gasteiger partial charge is 0.205 e. The van der Waals surface area contributed by atoms with E-state index in [1.165, 1.54) is 0 Å². The predicted molar refractivity (Wildman–Crippen MR) is 78.7 cm³/mol. The summed E-state index contributed by atoms with van der Waals surface area (Å²) in [6.45, 7) is 0. The molecule has 2 aromatic rings. The molecule has 1 heterocycles. The lowest BCUT2D eigenvalue weighted by Crippen LogP contribution is -2.20. The molecule has 2 aromatic carbocycles. The van der Waals surface area contributed by atoms with Gasteiger partial charge in [0.1, 0.15) is 23.1 Å². The van der Waals surface area contributed by atoms with Gasteiger partial charge in [0.25, 0.3) is 0 Å². The molecule has 0 aromatic heterocycles. The minimum atomic E-state index is -0.217. The Balaban J connectivity index is 2.15. The molecule has 3 rings (SSSR count). The van der Waals surface area contributed by atoms with Gasteiger partial charge >= 0.3 is 0 Å². The molecule has 0 spiro atoms. The van der Waals surface area contributed by atoms with Crippen molar-refractivity contribution in [1.82, 2.24) is 0 Å². The van der Waals surface area contributed by atoms with Crippen molar-refractivity contribution in [1.29, 1.82) is 5.26 Å². The van der Waals surface area contributed by atoms with E-state index in [0.29, 0.717) is 11.3 Å². The molecule has 4 nitrogen and oxygen atoms in total. The Morgan fingerprint density at radius 2 is 1.86 bits per heavy atom. The van der Waals surface area contributed by atoms with Crippen LogP contribution < -0.4 is 15.2 Å². The van der Waals surface area contributed by atoms with Crippen LogP contribution in [0.2, 0.25) is 0 Å². The summed E-state index contributed by atoms with van der Waals surface area (Å²) < 4.78 is 10.7. The van der Waals surface area contributed by atoms with Crippen LogP contribution in [0.5, 0.6) is 11.5 Å². The van der Waals surface area contributed by atoms with Gasteiger partial charge in [-0.1, -0.05) is 30.3 Å². The van der Waals surface area contributed by atoms with Crippen LogP contribution in [0, 0.1) is 11.3 Å². The number of fused-ring (bicyclic) bond motifs is 1. The second-order valence-electron chi connectivity index (χ2n) is 4.74. The molecule has 0 saturated carbocycles. The molecule has 0 saturated heterocycles. The second-order valence-corrected chi connectivity index (χ2v) is 4.74. The van der Waals surface area contributed by atoms with Gasteiger partial charge in [0.2, 0.25) is 5.88 Å². The largest absolute Gasteiger partial charge is 0.497 e. The lowest BCUT2D eigenvalue weighted by Gasteiger charge is -2.26. The van der Waals surface area contributed by atoms with Crippen molar-refractivity contribution < 1.29 is 9.47 Å². The number of nitrogens with zero attached hydrogens (tertiary/aromatic N) is 1. The molecular formula is C17H14N2O2. The van der Waals surface area contributed by atoms with E-state index in [-0.39, 0.29) is 11.8 Å². The molecule has 1 atom stereocenters. The third-order valence-electron chi connectivity index (χ3n) is 3.57. The first-order valence-electron chi connectivity index (χ1n) is 6.55. The van der Waals surface area contributed by atoms with Crippen molar-refractivity contribution in [2.45, 2.75) is 5.92 Å². The van der Waals surface area contributed by atoms with Crippen LogP contribution in [0.15, 0.2) is 60.0 Å². The third kappa shape index (κ3) is 2.19. The fraction of sp³-hybridized carbons (Fsp3) is 0.118. The third-order valence-corrected chi connectivity index (χ3v) is 3.57. The van der Waals surface area contributed by atoms with E-state index in [1.54, 1.807) is 7.11 Å². The van der Waals surface area contributed by atoms with Crippen molar-refractivity contribution in [3.8, 4) is 17.6 Å². The molecule has 0 aliphatic carbocycles. The lowest BCUT2D eigenvalue weighted by atomic mass is 9.83. The topological polar surface area (TPSA) is 68.3 Å². The van der Waals surface area contributed by atoms with Gasteiger partial charge in [-0.25, -0.2) is 0 Å². The number of hydrogen-bond donors (Lipinski definition) is 1. The van der Waals surface area contributed by atoms with Gasteiger partial charge in [-0.3, -0.25) is 0 Å². The molecule has 0 amide bonds. The van der Waals surface area contributed by atoms with E-state index in [0.717, 1.165) is 16.9 Å². The molecule has 104 valence electrons. The second kappa shape index (κ2) is 5.22. The molecule has 1 aliphatic heterocycles. The summed E-state index contributed by atoms with van der Waals surface area (Å²) in [7, 11) is 1.62. The summed E-state index contributed by atoms with van der Waals surface area (Å²) in [6.07, 6.45) is 0. The van der Waals surface area contributed by atoms with E-state index in [4.69, 9.17) is 15.2 Å². The maximum absolute atomic E-state index is 9.43. The fourth-order valence-corrected chi connectivity index (χ4v) is 2.55. The number of hydrogen-bond acceptors (Lipinski definition) is 4. The van der Waals surface area contributed by atoms with Gasteiger partial charge in [0.05, 0.1) is 13.0 Å². The Bertz CT molecular complexity index is 742. The van der Waals surface area contributed by atoms with Crippen LogP contribution in [-0.2, 0) is 0 Å². The lowest BCUT2D eigenvalue weighted by molar-refractivity contribution is 0.393. The van der Waals surface area contributed by atoms with Crippen LogP contribution >= 0.6 is 0 Å². The zero-order chi connectivity index (χ0) is 14.8. The van der Waals surface area contributed by atoms with Crippen molar-refractivity contribution in [2.75, 3.05) is 7.11 Å². The SMILES string of the molecule is COc1ccc([C@H]2C(C#N)=C(N)Oc3ccccc32)cc1. The first kappa shape index (κ1) is 13.1. The molecule has 1 aliphatic rings. The molecule has 0 fully saturated rings. The Morgan fingerprint density at radius 3 is 2.52 bits per heavy atom. The van der Waals surface area contributed by atoms with E-state index in [9.17, 15) is 5.26 Å². The van der Waals surface area contributed by atoms with Crippen molar-refractivity contribution in [3.05, 3.63) is 71.1 Å². The maximum Gasteiger partial charge on any atom is 0.205 e. The van der Waals surface area contributed by atoms with Crippen LogP contribution in [0.1, 0.15) is 17.0 Å². The Labute approximate surface area is 123 Å². The van der Waals surface area contributed by atoms with Gasteiger partial charge < -0.3 is 15.2 Å². The van der Waals surface area contributed by atoms with E-state index in [1.807, 2.05) is 48.5 Å². The number of ether oxygens (including phenoxy) is 2. The number of nitriles is 1. The average Bonchev–Trinajstić information content (AvgIpc) is 2.53. The predicted octanol–water partition coefficient (Wildman–Crippen LogP) is 2.91. The van der Waals surface area contributed by atoms with Gasteiger partial charge in [-0.15, -0.1) is 0 Å². The van der Waals surface area contributed by atoms with Crippen LogP contribution in [0.3, 0.4) is 0 Å². The van der Waals surface area contributed by atoms with E-state index < -0.39 is 0 Å². The zero-order valence-electron chi connectivity index (χ0n) is 11.5. The van der Waals surface area contributed by atoms with Gasteiger partial charge in [0.15, 0.2) is 0 Å². The fourth-order valence-electron chi connectivity index (χ4n) is 2.55. The average molecular weight is 278 g/mol. The number of para-hydroxylation sites is 1. The highest BCUT2D eigenvalue weighted by molar-refractivity contribution is 5.55. The summed E-state index contributed by atoms with van der Waals surface area (Å²) in [4.78, 5) is 0. The van der Waals surface area contributed by atoms with Crippen LogP contribution in [0.4, 0.5) is 0 Å². The van der Waals surface area contributed by atoms with Gasteiger partial charge in [-0.2, -0.15) is 5.26 Å². The molecule has 0 bridgehead atoms. The monoisotopic (exact) mass is 278 g/mol. The Kier molecular flexibility index (Phi) is 3.25. The quantitative estimate of drug-likeness (QED) is 0.917. The number of nitrogens with two attached hydrogens (primary N) is 1. The summed E-state index contributed by atoms with van der Waals surface area (Å²) in [5, 5.41) is 9.43. The molecule has 2 N–H and O–H groups in total. The van der Waals surface area contributed by atoms with Crippen molar-refractivity contribution in [3.63, 3.8) is 0 Å². The normalized spacial score (nSPS) is 16.7. The molecular weight excluding hydrogens is 264 g/mol. The number of benzene rings is 2. The summed E-state index contributed by atoms with van der Waals surface area (Å²) in [5.74, 6) is 1.41. The Hall–Kier alpha value is -2.93. The minimum absolute atomic E-state index is 0.164. The minimum Gasteiger partial charge on any atom is -0.497 e. The first-order valence-corrected chi connectivity index (χ1v) is 6.55. The molecule has 4 heteroatoms. The zero-order valence-corrected chi connectivity index (χ0v) is 11.5. The Morgan fingerprint density at radius 1 is 1.14 bits per heavy atom. The van der Waals surface area contributed by atoms with E-state index >= 15 is 0 Å². The van der Waals surface area contributed by atoms with Crippen LogP contribution in [-0.4, -0.2) is 7.11 Å². The maximum atomic E-state index is 9.43. The van der Waals surface area contributed by atoms with Gasteiger partial charge in [-0.05, 0) is 23.8 Å². The van der Waals surface area contributed by atoms with Crippen molar-refractivity contribution in [2.24, 2.45) is 5.73 Å². The summed E-state index contributed by atoms with van der Waals surface area (Å²) in [5.41, 5.74) is 8.24. The highest BCUT2D eigenvalue weighted by atomic mass is 16.5. The highest BCUT2D eigenvalue weighted by Gasteiger charge is 2.30. The molecule has 21 heavy (non-hydrogen) atoms. The molecule has 0 unspecified atom stereocenters. The number of rotatable bonds is 2. The summed E-state index contributed by atoms with van der Waals surface area (Å²) >= 11 is 0. The van der Waals surface area contributed by atoms with E-state index in [2.05, 4.69) is 6.07 Å². The van der Waals surface area contributed by atoms with Gasteiger partial charge in [0, 0.05) is 5.56 Å². The standard InChI is InChI=1S/C17H14N2O2/c1-20-12-8-6-11(7-9-12)16-13-4-2-3-5-15(13)21-17(19)14(16)10-18/h2-9,16H,19H2,1H3/t16-/m1/s1. The number of methoxy groups -OCH3 is 1. The number of allylic oxidation sites excluding steroid dienone is 1. The summed E-state index contributed by atoms with van der Waals surface area (Å²) in [6, 6.07) is 17.4. The van der Waals surface area contributed by atoms with Crippen LogP contribution in [0.25, 0.3) is 0 Å². The first-order chi connectivity index (χ1) is 10.2. The molecule has 0 radical (unpaired) electrons.